The van der Waals surface area contributed by atoms with Crippen LogP contribution in [-0.4, -0.2) is 41.3 Å². The molecule has 0 radical (unpaired) electrons. The van der Waals surface area contributed by atoms with Crippen molar-refractivity contribution in [2.24, 2.45) is 0 Å². The summed E-state index contributed by atoms with van der Waals surface area (Å²) in [6, 6.07) is 20.8. The second kappa shape index (κ2) is 6.96. The number of rotatable bonds is 3. The van der Waals surface area contributed by atoms with Gasteiger partial charge in [-0.15, -0.1) is 0 Å². The van der Waals surface area contributed by atoms with Crippen LogP contribution in [0.5, 0.6) is 0 Å². The molecule has 0 unspecified atom stereocenters. The van der Waals surface area contributed by atoms with Crippen molar-refractivity contribution >= 4 is 22.4 Å². The van der Waals surface area contributed by atoms with E-state index in [4.69, 9.17) is 9.51 Å². The Labute approximate surface area is 163 Å². The number of fused-ring (bicyclic) bond motifs is 1. The maximum Gasteiger partial charge on any atom is 0.223 e. The van der Waals surface area contributed by atoms with Gasteiger partial charge in [-0.25, -0.2) is 4.98 Å². The first-order valence-electron chi connectivity index (χ1n) is 9.53. The number of anilines is 2. The van der Waals surface area contributed by atoms with Crippen molar-refractivity contribution < 1.29 is 4.52 Å². The van der Waals surface area contributed by atoms with Crippen LogP contribution in [0.4, 0.5) is 11.5 Å². The highest BCUT2D eigenvalue weighted by molar-refractivity contribution is 5.88. The van der Waals surface area contributed by atoms with Crippen LogP contribution in [0.3, 0.4) is 0 Å². The van der Waals surface area contributed by atoms with Crippen molar-refractivity contribution in [2.45, 2.75) is 6.92 Å². The van der Waals surface area contributed by atoms with Gasteiger partial charge in [0.15, 0.2) is 0 Å². The van der Waals surface area contributed by atoms with Crippen LogP contribution in [-0.2, 0) is 0 Å². The lowest BCUT2D eigenvalue weighted by Gasteiger charge is -2.37. The minimum Gasteiger partial charge on any atom is -0.368 e. The predicted octanol–water partition coefficient (Wildman–Crippen LogP) is 3.92. The van der Waals surface area contributed by atoms with E-state index in [9.17, 15) is 0 Å². The van der Waals surface area contributed by atoms with Gasteiger partial charge in [-0.05, 0) is 24.3 Å². The largest absolute Gasteiger partial charge is 0.368 e. The summed E-state index contributed by atoms with van der Waals surface area (Å²) in [4.78, 5) is 14.2. The van der Waals surface area contributed by atoms with E-state index in [-0.39, 0.29) is 0 Å². The third-order valence-corrected chi connectivity index (χ3v) is 5.17. The smallest absolute Gasteiger partial charge is 0.223 e. The Morgan fingerprint density at radius 3 is 2.29 bits per heavy atom. The van der Waals surface area contributed by atoms with Crippen LogP contribution in [0.2, 0.25) is 0 Å². The van der Waals surface area contributed by atoms with Crippen molar-refractivity contribution in [3.63, 3.8) is 0 Å². The molecule has 1 fully saturated rings. The Hall–Kier alpha value is -3.41. The van der Waals surface area contributed by atoms with Crippen molar-refractivity contribution in [3.8, 4) is 11.4 Å². The fraction of sp³-hybridized carbons (Fsp3) is 0.227. The van der Waals surface area contributed by atoms with Gasteiger partial charge in [0, 0.05) is 44.2 Å². The number of hydrogen-bond donors (Lipinski definition) is 0. The lowest BCUT2D eigenvalue weighted by molar-refractivity contribution is 0.394. The van der Waals surface area contributed by atoms with Gasteiger partial charge in [0.2, 0.25) is 11.7 Å². The van der Waals surface area contributed by atoms with Gasteiger partial charge in [-0.2, -0.15) is 4.98 Å². The quantitative estimate of drug-likeness (QED) is 0.544. The molecule has 28 heavy (non-hydrogen) atoms. The SMILES string of the molecule is Cc1nc(-c2cc3ccccc3nc2N2CCN(c3ccccc3)CC2)no1. The minimum absolute atomic E-state index is 0.558. The average Bonchev–Trinajstić information content (AvgIpc) is 3.20. The molecule has 0 saturated carbocycles. The van der Waals surface area contributed by atoms with Crippen molar-refractivity contribution in [1.29, 1.82) is 0 Å². The molecule has 2 aromatic heterocycles. The van der Waals surface area contributed by atoms with E-state index < -0.39 is 0 Å². The van der Waals surface area contributed by atoms with E-state index in [0.717, 1.165) is 48.5 Å². The number of para-hydroxylation sites is 2. The van der Waals surface area contributed by atoms with Crippen molar-refractivity contribution in [3.05, 3.63) is 66.6 Å². The Balaban J connectivity index is 1.50. The van der Waals surface area contributed by atoms with Crippen LogP contribution in [0.25, 0.3) is 22.3 Å². The number of aromatic nitrogens is 3. The fourth-order valence-electron chi connectivity index (χ4n) is 3.74. The summed E-state index contributed by atoms with van der Waals surface area (Å²) in [5.74, 6) is 2.08. The summed E-state index contributed by atoms with van der Waals surface area (Å²) in [6.45, 7) is 5.49. The minimum atomic E-state index is 0.558. The van der Waals surface area contributed by atoms with E-state index in [1.165, 1.54) is 5.69 Å². The second-order valence-electron chi connectivity index (χ2n) is 7.00. The summed E-state index contributed by atoms with van der Waals surface area (Å²) < 4.78 is 5.23. The third-order valence-electron chi connectivity index (χ3n) is 5.17. The molecule has 0 atom stereocenters. The van der Waals surface area contributed by atoms with Gasteiger partial charge in [-0.1, -0.05) is 41.6 Å². The molecule has 3 heterocycles. The molecule has 140 valence electrons. The molecular weight excluding hydrogens is 350 g/mol. The van der Waals surface area contributed by atoms with Gasteiger partial charge >= 0.3 is 0 Å². The fourth-order valence-corrected chi connectivity index (χ4v) is 3.74. The van der Waals surface area contributed by atoms with Gasteiger partial charge in [0.25, 0.3) is 0 Å². The molecule has 5 rings (SSSR count). The molecule has 6 nitrogen and oxygen atoms in total. The van der Waals surface area contributed by atoms with E-state index in [0.29, 0.717) is 11.7 Å². The highest BCUT2D eigenvalue weighted by atomic mass is 16.5. The van der Waals surface area contributed by atoms with Crippen LogP contribution in [0.1, 0.15) is 5.89 Å². The second-order valence-corrected chi connectivity index (χ2v) is 7.00. The molecule has 6 heteroatoms. The molecule has 1 aliphatic rings. The number of nitrogens with zero attached hydrogens (tertiary/aromatic N) is 5. The highest BCUT2D eigenvalue weighted by Crippen LogP contribution is 2.32. The van der Waals surface area contributed by atoms with Crippen LogP contribution in [0.15, 0.2) is 65.2 Å². The molecule has 0 amide bonds. The van der Waals surface area contributed by atoms with Gasteiger partial charge in [-0.3, -0.25) is 0 Å². The maximum absolute atomic E-state index is 5.23. The number of pyridine rings is 1. The van der Waals surface area contributed by atoms with Crippen LogP contribution >= 0.6 is 0 Å². The Morgan fingerprint density at radius 2 is 1.54 bits per heavy atom. The zero-order valence-electron chi connectivity index (χ0n) is 15.7. The summed E-state index contributed by atoms with van der Waals surface area (Å²) >= 11 is 0. The average molecular weight is 371 g/mol. The number of benzene rings is 2. The molecule has 2 aromatic carbocycles. The first-order chi connectivity index (χ1) is 13.8. The monoisotopic (exact) mass is 371 g/mol. The summed E-state index contributed by atoms with van der Waals surface area (Å²) in [5.41, 5.74) is 3.17. The standard InChI is InChI=1S/C22H21N5O/c1-16-23-21(25-28-16)19-15-17-7-5-6-10-20(17)24-22(19)27-13-11-26(12-14-27)18-8-3-2-4-9-18/h2-10,15H,11-14H2,1H3. The summed E-state index contributed by atoms with van der Waals surface area (Å²) in [6.07, 6.45) is 0. The van der Waals surface area contributed by atoms with E-state index in [1.54, 1.807) is 0 Å². The number of piperazine rings is 1. The van der Waals surface area contributed by atoms with Crippen molar-refractivity contribution in [2.75, 3.05) is 36.0 Å². The van der Waals surface area contributed by atoms with Crippen molar-refractivity contribution in [1.82, 2.24) is 15.1 Å². The Bertz CT molecular complexity index is 1100. The molecule has 1 saturated heterocycles. The normalized spacial score (nSPS) is 14.6. The molecule has 4 aromatic rings. The molecule has 0 N–H and O–H groups in total. The number of aryl methyl sites for hydroxylation is 1. The zero-order chi connectivity index (χ0) is 18.9. The van der Waals surface area contributed by atoms with E-state index >= 15 is 0 Å². The topological polar surface area (TPSA) is 58.3 Å². The summed E-state index contributed by atoms with van der Waals surface area (Å²) in [7, 11) is 0. The lowest BCUT2D eigenvalue weighted by atomic mass is 10.1. The highest BCUT2D eigenvalue weighted by Gasteiger charge is 2.23. The van der Waals surface area contributed by atoms with E-state index in [1.807, 2.05) is 25.1 Å². The maximum atomic E-state index is 5.23. The van der Waals surface area contributed by atoms with Gasteiger partial charge in [0.05, 0.1) is 11.1 Å². The van der Waals surface area contributed by atoms with E-state index in [2.05, 4.69) is 62.4 Å². The zero-order valence-corrected chi connectivity index (χ0v) is 15.7. The lowest BCUT2D eigenvalue weighted by Crippen LogP contribution is -2.47. The van der Waals surface area contributed by atoms with Gasteiger partial charge < -0.3 is 14.3 Å². The molecule has 0 bridgehead atoms. The molecular formula is C22H21N5O. The van der Waals surface area contributed by atoms with Crippen LogP contribution < -0.4 is 9.80 Å². The predicted molar refractivity (Wildman–Crippen MR) is 111 cm³/mol. The Kier molecular flexibility index (Phi) is 4.16. The van der Waals surface area contributed by atoms with Gasteiger partial charge in [0.1, 0.15) is 5.82 Å². The third kappa shape index (κ3) is 3.07. The molecule has 0 spiro atoms. The Morgan fingerprint density at radius 1 is 0.821 bits per heavy atom. The first kappa shape index (κ1) is 16.7. The first-order valence-corrected chi connectivity index (χ1v) is 9.53. The number of hydrogen-bond acceptors (Lipinski definition) is 6. The molecule has 1 aliphatic heterocycles. The molecule has 0 aliphatic carbocycles. The summed E-state index contributed by atoms with van der Waals surface area (Å²) in [5, 5.41) is 5.22. The van der Waals surface area contributed by atoms with Crippen LogP contribution in [0, 0.1) is 6.92 Å².